The van der Waals surface area contributed by atoms with Gasteiger partial charge >= 0.3 is 0 Å². The van der Waals surface area contributed by atoms with Gasteiger partial charge in [-0.05, 0) is 37.9 Å². The highest BCUT2D eigenvalue weighted by atomic mass is 35.5. The van der Waals surface area contributed by atoms with Gasteiger partial charge in [-0.2, -0.15) is 0 Å². The number of rotatable bonds is 7. The minimum Gasteiger partial charge on any atom is -0.377 e. The molecule has 1 aromatic carbocycles. The molecule has 2 nitrogen and oxygen atoms in total. The Morgan fingerprint density at radius 1 is 1.28 bits per heavy atom. The van der Waals surface area contributed by atoms with Crippen LogP contribution in [-0.2, 0) is 11.2 Å². The Kier molecular flexibility index (Phi) is 6.13. The molecule has 0 amide bonds. The third-order valence-corrected chi connectivity index (χ3v) is 4.34. The molecule has 0 aromatic heterocycles. The molecule has 0 aliphatic heterocycles. The summed E-state index contributed by atoms with van der Waals surface area (Å²) in [6.07, 6.45) is 2.84. The maximum absolute atomic E-state index is 6.24. The van der Waals surface area contributed by atoms with Crippen molar-refractivity contribution in [3.8, 4) is 0 Å². The van der Waals surface area contributed by atoms with Crippen LogP contribution in [0.2, 0.25) is 5.02 Å². The molecule has 0 spiro atoms. The number of likely N-dealkylation sites (N-methyl/N-ethyl adjacent to an activating group) is 1. The maximum atomic E-state index is 6.24. The first-order valence-corrected chi connectivity index (χ1v) is 6.97. The standard InChI is InChI=1S/C15H24ClNO/c1-5-15(6-2,18-4)14(17-3)11-12-9-7-8-10-13(12)16/h7-10,14,17H,5-6,11H2,1-4H3. The summed E-state index contributed by atoms with van der Waals surface area (Å²) in [5.74, 6) is 0. The number of nitrogens with one attached hydrogen (secondary N) is 1. The molecule has 102 valence electrons. The van der Waals surface area contributed by atoms with E-state index in [1.807, 2.05) is 25.2 Å². The Bertz CT molecular complexity index is 355. The molecule has 1 N–H and O–H groups in total. The fraction of sp³-hybridized carbons (Fsp3) is 0.600. The van der Waals surface area contributed by atoms with E-state index in [4.69, 9.17) is 16.3 Å². The average Bonchev–Trinajstić information content (AvgIpc) is 2.42. The van der Waals surface area contributed by atoms with E-state index >= 15 is 0 Å². The van der Waals surface area contributed by atoms with Crippen molar-refractivity contribution in [3.05, 3.63) is 34.9 Å². The summed E-state index contributed by atoms with van der Waals surface area (Å²) in [5, 5.41) is 4.22. The van der Waals surface area contributed by atoms with Gasteiger partial charge in [0.1, 0.15) is 0 Å². The summed E-state index contributed by atoms with van der Waals surface area (Å²) in [7, 11) is 3.78. The first-order chi connectivity index (χ1) is 8.63. The molecule has 0 aliphatic carbocycles. The number of benzene rings is 1. The summed E-state index contributed by atoms with van der Waals surface area (Å²) >= 11 is 6.24. The summed E-state index contributed by atoms with van der Waals surface area (Å²) in [5.41, 5.74) is 1.04. The molecule has 0 saturated heterocycles. The van der Waals surface area contributed by atoms with E-state index in [1.54, 1.807) is 7.11 Å². The second kappa shape index (κ2) is 7.13. The SMILES string of the molecule is CCC(CC)(OC)C(Cc1ccccc1Cl)NC. The second-order valence-corrected chi connectivity index (χ2v) is 5.02. The first-order valence-electron chi connectivity index (χ1n) is 6.59. The van der Waals surface area contributed by atoms with Crippen LogP contribution in [-0.4, -0.2) is 25.8 Å². The molecule has 0 heterocycles. The van der Waals surface area contributed by atoms with E-state index in [0.29, 0.717) is 0 Å². The van der Waals surface area contributed by atoms with Gasteiger partial charge < -0.3 is 10.1 Å². The Balaban J connectivity index is 2.94. The largest absolute Gasteiger partial charge is 0.377 e. The zero-order valence-corrected chi connectivity index (χ0v) is 12.6. The third-order valence-electron chi connectivity index (χ3n) is 3.97. The first kappa shape index (κ1) is 15.5. The number of methoxy groups -OCH3 is 1. The molecule has 0 radical (unpaired) electrons. The molecule has 18 heavy (non-hydrogen) atoms. The molecule has 1 aromatic rings. The summed E-state index contributed by atoms with van der Waals surface area (Å²) in [6.45, 7) is 4.34. The maximum Gasteiger partial charge on any atom is 0.0828 e. The Hall–Kier alpha value is -0.570. The van der Waals surface area contributed by atoms with Gasteiger partial charge in [-0.25, -0.2) is 0 Å². The van der Waals surface area contributed by atoms with E-state index in [2.05, 4.69) is 25.2 Å². The van der Waals surface area contributed by atoms with Crippen LogP contribution in [0.3, 0.4) is 0 Å². The molecule has 0 aliphatic rings. The zero-order chi connectivity index (χ0) is 13.6. The summed E-state index contributed by atoms with van der Waals surface area (Å²) < 4.78 is 5.80. The Morgan fingerprint density at radius 2 is 1.89 bits per heavy atom. The van der Waals surface area contributed by atoms with Crippen LogP contribution >= 0.6 is 11.6 Å². The van der Waals surface area contributed by atoms with Crippen molar-refractivity contribution in [2.45, 2.75) is 44.8 Å². The summed E-state index contributed by atoms with van der Waals surface area (Å²) in [6, 6.07) is 8.27. The van der Waals surface area contributed by atoms with Gasteiger partial charge in [-0.1, -0.05) is 43.6 Å². The van der Waals surface area contributed by atoms with E-state index in [0.717, 1.165) is 24.3 Å². The molecule has 1 atom stereocenters. The van der Waals surface area contributed by atoms with Crippen LogP contribution in [0, 0.1) is 0 Å². The van der Waals surface area contributed by atoms with Crippen molar-refractivity contribution in [1.82, 2.24) is 5.32 Å². The predicted octanol–water partition coefficient (Wildman–Crippen LogP) is 3.68. The minimum atomic E-state index is -0.131. The Labute approximate surface area is 116 Å². The average molecular weight is 270 g/mol. The molecular formula is C15H24ClNO. The smallest absolute Gasteiger partial charge is 0.0828 e. The molecule has 0 bridgehead atoms. The molecule has 1 rings (SSSR count). The fourth-order valence-electron chi connectivity index (χ4n) is 2.61. The fourth-order valence-corrected chi connectivity index (χ4v) is 2.82. The van der Waals surface area contributed by atoms with Crippen LogP contribution in [0.1, 0.15) is 32.3 Å². The molecule has 1 unspecified atom stereocenters. The highest BCUT2D eigenvalue weighted by Crippen LogP contribution is 2.28. The van der Waals surface area contributed by atoms with E-state index in [1.165, 1.54) is 5.56 Å². The lowest BCUT2D eigenvalue weighted by molar-refractivity contribution is -0.0454. The Morgan fingerprint density at radius 3 is 2.33 bits per heavy atom. The number of hydrogen-bond acceptors (Lipinski definition) is 2. The van der Waals surface area contributed by atoms with Crippen molar-refractivity contribution < 1.29 is 4.74 Å². The normalized spacial score (nSPS) is 13.6. The van der Waals surface area contributed by atoms with Gasteiger partial charge in [0.15, 0.2) is 0 Å². The quantitative estimate of drug-likeness (QED) is 0.815. The monoisotopic (exact) mass is 269 g/mol. The zero-order valence-electron chi connectivity index (χ0n) is 11.8. The molecule has 3 heteroatoms. The number of halogens is 1. The third kappa shape index (κ3) is 3.25. The highest BCUT2D eigenvalue weighted by Gasteiger charge is 2.35. The van der Waals surface area contributed by atoms with Gasteiger partial charge in [0.05, 0.1) is 5.60 Å². The minimum absolute atomic E-state index is 0.131. The van der Waals surface area contributed by atoms with Gasteiger partial charge in [0.2, 0.25) is 0 Å². The second-order valence-electron chi connectivity index (χ2n) is 4.61. The lowest BCUT2D eigenvalue weighted by Crippen LogP contribution is -2.51. The van der Waals surface area contributed by atoms with Gasteiger partial charge in [0.25, 0.3) is 0 Å². The van der Waals surface area contributed by atoms with Crippen molar-refractivity contribution in [3.63, 3.8) is 0 Å². The number of ether oxygens (including phenoxy) is 1. The van der Waals surface area contributed by atoms with Crippen LogP contribution in [0.5, 0.6) is 0 Å². The topological polar surface area (TPSA) is 21.3 Å². The van der Waals surface area contributed by atoms with E-state index in [9.17, 15) is 0 Å². The lowest BCUT2D eigenvalue weighted by Gasteiger charge is -2.38. The van der Waals surface area contributed by atoms with E-state index < -0.39 is 0 Å². The van der Waals surface area contributed by atoms with Crippen LogP contribution < -0.4 is 5.32 Å². The van der Waals surface area contributed by atoms with Crippen molar-refractivity contribution in [2.24, 2.45) is 0 Å². The van der Waals surface area contributed by atoms with Gasteiger partial charge in [0, 0.05) is 18.2 Å². The predicted molar refractivity (Wildman–Crippen MR) is 78.3 cm³/mol. The molecular weight excluding hydrogens is 246 g/mol. The highest BCUT2D eigenvalue weighted by molar-refractivity contribution is 6.31. The van der Waals surface area contributed by atoms with Crippen molar-refractivity contribution in [1.29, 1.82) is 0 Å². The molecule has 0 saturated carbocycles. The van der Waals surface area contributed by atoms with Crippen LogP contribution in [0.4, 0.5) is 0 Å². The van der Waals surface area contributed by atoms with Crippen LogP contribution in [0.15, 0.2) is 24.3 Å². The van der Waals surface area contributed by atoms with Gasteiger partial charge in [-0.15, -0.1) is 0 Å². The molecule has 0 fully saturated rings. The number of hydrogen-bond donors (Lipinski definition) is 1. The van der Waals surface area contributed by atoms with Crippen LogP contribution in [0.25, 0.3) is 0 Å². The van der Waals surface area contributed by atoms with E-state index in [-0.39, 0.29) is 11.6 Å². The summed E-state index contributed by atoms with van der Waals surface area (Å²) in [4.78, 5) is 0. The van der Waals surface area contributed by atoms with Crippen molar-refractivity contribution in [2.75, 3.05) is 14.2 Å². The lowest BCUT2D eigenvalue weighted by atomic mass is 9.84. The van der Waals surface area contributed by atoms with Crippen molar-refractivity contribution >= 4 is 11.6 Å². The van der Waals surface area contributed by atoms with Gasteiger partial charge in [-0.3, -0.25) is 0 Å².